The van der Waals surface area contributed by atoms with Crippen molar-refractivity contribution in [2.24, 2.45) is 5.92 Å². The molecule has 1 N–H and O–H groups in total. The number of carbonyl (C=O) groups is 1. The first kappa shape index (κ1) is 17.9. The van der Waals surface area contributed by atoms with Crippen LogP contribution in [0.25, 0.3) is 0 Å². The fraction of sp³-hybridized carbons (Fsp3) is 0.824. The van der Waals surface area contributed by atoms with Crippen LogP contribution in [0, 0.1) is 5.92 Å². The Labute approximate surface area is 139 Å². The normalized spacial score (nSPS) is 23.8. The first-order chi connectivity index (χ1) is 10.7. The Bertz CT molecular complexity index is 535. The van der Waals surface area contributed by atoms with Gasteiger partial charge in [0.15, 0.2) is 5.82 Å². The van der Waals surface area contributed by atoms with Crippen molar-refractivity contribution >= 4 is 5.91 Å². The highest BCUT2D eigenvalue weighted by atomic mass is 16.5. The van der Waals surface area contributed by atoms with Crippen molar-refractivity contribution in [1.29, 1.82) is 0 Å². The minimum atomic E-state index is -0.111. The predicted molar refractivity (Wildman–Crippen MR) is 89.0 cm³/mol. The van der Waals surface area contributed by atoms with E-state index in [1.54, 1.807) is 6.92 Å². The minimum Gasteiger partial charge on any atom is -0.343 e. The van der Waals surface area contributed by atoms with Crippen LogP contribution in [-0.2, 0) is 10.2 Å². The molecule has 0 spiro atoms. The van der Waals surface area contributed by atoms with Crippen LogP contribution in [0.15, 0.2) is 4.52 Å². The van der Waals surface area contributed by atoms with Crippen molar-refractivity contribution in [3.63, 3.8) is 0 Å². The number of rotatable bonds is 4. The lowest BCUT2D eigenvalue weighted by molar-refractivity contribution is -0.131. The molecule has 6 heteroatoms. The number of likely N-dealkylation sites (tertiary alicyclic amines) is 1. The second-order valence-corrected chi connectivity index (χ2v) is 7.62. The van der Waals surface area contributed by atoms with Crippen molar-refractivity contribution in [2.75, 3.05) is 13.1 Å². The van der Waals surface area contributed by atoms with Gasteiger partial charge in [-0.05, 0) is 19.3 Å². The maximum Gasteiger partial charge on any atom is 0.243 e. The maximum atomic E-state index is 11.6. The molecular formula is C17H30N4O2. The number of piperidine rings is 1. The van der Waals surface area contributed by atoms with E-state index in [1.165, 1.54) is 0 Å². The van der Waals surface area contributed by atoms with Gasteiger partial charge in [0.05, 0.1) is 6.04 Å². The zero-order valence-corrected chi connectivity index (χ0v) is 15.2. The van der Waals surface area contributed by atoms with Crippen LogP contribution in [0.1, 0.15) is 72.1 Å². The molecule has 1 aromatic rings. The van der Waals surface area contributed by atoms with E-state index >= 15 is 0 Å². The number of hydrogen-bond acceptors (Lipinski definition) is 5. The molecule has 1 aliphatic heterocycles. The summed E-state index contributed by atoms with van der Waals surface area (Å²) in [6, 6.07) is 0.386. The van der Waals surface area contributed by atoms with Gasteiger partial charge in [-0.15, -0.1) is 0 Å². The molecule has 1 saturated heterocycles. The van der Waals surface area contributed by atoms with Crippen LogP contribution in [0.4, 0.5) is 0 Å². The van der Waals surface area contributed by atoms with E-state index in [0.29, 0.717) is 17.9 Å². The topological polar surface area (TPSA) is 71.3 Å². The molecule has 2 rings (SSSR count). The van der Waals surface area contributed by atoms with Gasteiger partial charge in [0.25, 0.3) is 0 Å². The van der Waals surface area contributed by atoms with Gasteiger partial charge in [-0.1, -0.05) is 39.3 Å². The largest absolute Gasteiger partial charge is 0.343 e. The Balaban J connectivity index is 2.00. The summed E-state index contributed by atoms with van der Waals surface area (Å²) in [6.07, 6.45) is 2.01. The summed E-state index contributed by atoms with van der Waals surface area (Å²) in [4.78, 5) is 18.1. The smallest absolute Gasteiger partial charge is 0.243 e. The number of nitrogens with zero attached hydrogens (tertiary/aromatic N) is 3. The van der Waals surface area contributed by atoms with E-state index < -0.39 is 0 Å². The molecule has 0 radical (unpaired) electrons. The highest BCUT2D eigenvalue weighted by Crippen LogP contribution is 2.25. The summed E-state index contributed by atoms with van der Waals surface area (Å²) >= 11 is 0. The first-order valence-electron chi connectivity index (χ1n) is 8.58. The summed E-state index contributed by atoms with van der Waals surface area (Å²) in [5.74, 6) is 2.00. The quantitative estimate of drug-likeness (QED) is 0.923. The zero-order chi connectivity index (χ0) is 17.2. The molecule has 1 fully saturated rings. The van der Waals surface area contributed by atoms with E-state index in [4.69, 9.17) is 4.52 Å². The van der Waals surface area contributed by atoms with Crippen LogP contribution in [0.3, 0.4) is 0 Å². The van der Waals surface area contributed by atoms with Gasteiger partial charge in [0, 0.05) is 31.5 Å². The van der Waals surface area contributed by atoms with Gasteiger partial charge < -0.3 is 14.7 Å². The Morgan fingerprint density at radius 1 is 1.48 bits per heavy atom. The van der Waals surface area contributed by atoms with Gasteiger partial charge in [-0.25, -0.2) is 0 Å². The fourth-order valence-corrected chi connectivity index (χ4v) is 3.06. The van der Waals surface area contributed by atoms with Crippen molar-refractivity contribution < 1.29 is 9.32 Å². The lowest BCUT2D eigenvalue weighted by Gasteiger charge is -2.39. The van der Waals surface area contributed by atoms with Crippen molar-refractivity contribution in [1.82, 2.24) is 20.4 Å². The molecule has 0 aliphatic carbocycles. The Hall–Kier alpha value is -1.43. The molecule has 0 unspecified atom stereocenters. The van der Waals surface area contributed by atoms with Gasteiger partial charge in [-0.3, -0.25) is 4.79 Å². The van der Waals surface area contributed by atoms with Crippen LogP contribution in [0.2, 0.25) is 0 Å². The SMILES string of the molecule is CC[C@@H]1CN(C(C)=O)CC[C@H]1N[C@H](C)c1nc(C(C)(C)C)no1. The number of nitrogens with one attached hydrogen (secondary N) is 1. The van der Waals surface area contributed by atoms with Gasteiger partial charge in [-0.2, -0.15) is 4.98 Å². The number of amides is 1. The molecule has 2 heterocycles. The zero-order valence-electron chi connectivity index (χ0n) is 15.2. The third-order valence-electron chi connectivity index (χ3n) is 4.65. The molecule has 0 aromatic carbocycles. The lowest BCUT2D eigenvalue weighted by atomic mass is 9.89. The molecule has 3 atom stereocenters. The molecule has 23 heavy (non-hydrogen) atoms. The van der Waals surface area contributed by atoms with Gasteiger partial charge in [0.2, 0.25) is 11.8 Å². The summed E-state index contributed by atoms with van der Waals surface area (Å²) < 4.78 is 5.43. The Kier molecular flexibility index (Phi) is 5.45. The highest BCUT2D eigenvalue weighted by Gasteiger charge is 2.31. The Morgan fingerprint density at radius 2 is 2.17 bits per heavy atom. The van der Waals surface area contributed by atoms with Crippen LogP contribution in [-0.4, -0.2) is 40.1 Å². The van der Waals surface area contributed by atoms with Crippen LogP contribution in [0.5, 0.6) is 0 Å². The molecule has 1 aromatic heterocycles. The molecule has 1 amide bonds. The number of aromatic nitrogens is 2. The second-order valence-electron chi connectivity index (χ2n) is 7.62. The second kappa shape index (κ2) is 6.99. The fourth-order valence-electron chi connectivity index (χ4n) is 3.06. The van der Waals surface area contributed by atoms with Crippen LogP contribution >= 0.6 is 0 Å². The third kappa shape index (κ3) is 4.31. The van der Waals surface area contributed by atoms with E-state index in [2.05, 4.69) is 50.1 Å². The highest BCUT2D eigenvalue weighted by molar-refractivity contribution is 5.73. The molecule has 130 valence electrons. The third-order valence-corrected chi connectivity index (χ3v) is 4.65. The summed E-state index contributed by atoms with van der Waals surface area (Å²) in [5, 5.41) is 7.72. The van der Waals surface area contributed by atoms with Gasteiger partial charge in [0.1, 0.15) is 0 Å². The minimum absolute atomic E-state index is 0.0153. The van der Waals surface area contributed by atoms with Crippen LogP contribution < -0.4 is 5.32 Å². The van der Waals surface area contributed by atoms with Gasteiger partial charge >= 0.3 is 0 Å². The van der Waals surface area contributed by atoms with Crippen molar-refractivity contribution in [3.05, 3.63) is 11.7 Å². The number of carbonyl (C=O) groups excluding carboxylic acids is 1. The van der Waals surface area contributed by atoms with E-state index in [9.17, 15) is 4.79 Å². The van der Waals surface area contributed by atoms with Crippen molar-refractivity contribution in [2.45, 2.75) is 71.9 Å². The van der Waals surface area contributed by atoms with Crippen molar-refractivity contribution in [3.8, 4) is 0 Å². The molecule has 0 bridgehead atoms. The predicted octanol–water partition coefficient (Wildman–Crippen LogP) is 2.66. The average molecular weight is 322 g/mol. The molecule has 0 saturated carbocycles. The monoisotopic (exact) mass is 322 g/mol. The standard InChI is InChI=1S/C17H30N4O2/c1-7-13-10-21(12(3)22)9-8-14(13)18-11(2)15-19-16(20-23-15)17(4,5)6/h11,13-14,18H,7-10H2,1-6H3/t11-,13-,14-/m1/s1. The number of hydrogen-bond donors (Lipinski definition) is 1. The molecule has 6 nitrogen and oxygen atoms in total. The molecule has 1 aliphatic rings. The van der Waals surface area contributed by atoms with E-state index in [1.807, 2.05) is 4.90 Å². The van der Waals surface area contributed by atoms with E-state index in [-0.39, 0.29) is 17.4 Å². The summed E-state index contributed by atoms with van der Waals surface area (Å²) in [5.41, 5.74) is -0.111. The summed E-state index contributed by atoms with van der Waals surface area (Å²) in [7, 11) is 0. The summed E-state index contributed by atoms with van der Waals surface area (Å²) in [6.45, 7) is 13.7. The Morgan fingerprint density at radius 3 is 2.70 bits per heavy atom. The van der Waals surface area contributed by atoms with E-state index in [0.717, 1.165) is 31.8 Å². The first-order valence-corrected chi connectivity index (χ1v) is 8.58. The maximum absolute atomic E-state index is 11.6. The average Bonchev–Trinajstić information content (AvgIpc) is 2.97. The molecular weight excluding hydrogens is 292 g/mol. The lowest BCUT2D eigenvalue weighted by Crippen LogP contribution is -2.50.